The Kier molecular flexibility index (Phi) is 5.88. The summed E-state index contributed by atoms with van der Waals surface area (Å²) in [6, 6.07) is 28.6. The molecule has 7 heteroatoms. The van der Waals surface area contributed by atoms with Crippen molar-refractivity contribution in [3.63, 3.8) is 0 Å². The van der Waals surface area contributed by atoms with Crippen molar-refractivity contribution in [3.05, 3.63) is 109 Å². The monoisotopic (exact) mass is 503 g/mol. The third kappa shape index (κ3) is 4.38. The lowest BCUT2D eigenvalue weighted by atomic mass is 9.94. The summed E-state index contributed by atoms with van der Waals surface area (Å²) >= 11 is 0. The van der Waals surface area contributed by atoms with Crippen LogP contribution in [0.5, 0.6) is 0 Å². The van der Waals surface area contributed by atoms with E-state index in [0.717, 1.165) is 12.3 Å². The summed E-state index contributed by atoms with van der Waals surface area (Å²) in [4.78, 5) is 4.53. The van der Waals surface area contributed by atoms with Gasteiger partial charge in [0.15, 0.2) is 9.84 Å². The highest BCUT2D eigenvalue weighted by molar-refractivity contribution is 7.91. The van der Waals surface area contributed by atoms with Gasteiger partial charge in [0.2, 0.25) is 0 Å². The van der Waals surface area contributed by atoms with Crippen LogP contribution in [-0.2, 0) is 16.0 Å². The van der Waals surface area contributed by atoms with Gasteiger partial charge in [0, 0.05) is 28.3 Å². The van der Waals surface area contributed by atoms with Gasteiger partial charge < -0.3 is 0 Å². The van der Waals surface area contributed by atoms with Gasteiger partial charge in [-0.1, -0.05) is 91.0 Å². The second-order valence-corrected chi connectivity index (χ2v) is 10.4. The maximum absolute atomic E-state index is 13.9. The summed E-state index contributed by atoms with van der Waals surface area (Å²) in [7, 11) is -3.81. The van der Waals surface area contributed by atoms with E-state index in [-0.39, 0.29) is 21.7 Å². The second kappa shape index (κ2) is 8.91. The molecular formula is C29H20F3NO2S. The zero-order valence-corrected chi connectivity index (χ0v) is 19.9. The fraction of sp³-hybridized carbons (Fsp3) is 0.0690. The molecule has 0 fully saturated rings. The maximum Gasteiger partial charge on any atom is 0.418 e. The van der Waals surface area contributed by atoms with Crippen LogP contribution in [0.4, 0.5) is 13.2 Å². The molecule has 0 aliphatic rings. The molecule has 0 bridgehead atoms. The van der Waals surface area contributed by atoms with Crippen LogP contribution in [0.1, 0.15) is 5.56 Å². The molecule has 0 atom stereocenters. The Morgan fingerprint density at radius 2 is 1.22 bits per heavy atom. The van der Waals surface area contributed by atoms with E-state index < -0.39 is 21.6 Å². The topological polar surface area (TPSA) is 47.0 Å². The molecule has 0 amide bonds. The van der Waals surface area contributed by atoms with Gasteiger partial charge in [0.1, 0.15) is 0 Å². The van der Waals surface area contributed by atoms with Crippen LogP contribution in [0.25, 0.3) is 44.4 Å². The minimum Gasteiger partial charge on any atom is -0.246 e. The van der Waals surface area contributed by atoms with Gasteiger partial charge in [-0.05, 0) is 23.3 Å². The van der Waals surface area contributed by atoms with Crippen LogP contribution in [0.2, 0.25) is 0 Å². The molecule has 3 nitrogen and oxygen atoms in total. The second-order valence-electron chi connectivity index (χ2n) is 8.45. The van der Waals surface area contributed by atoms with Gasteiger partial charge in [-0.2, -0.15) is 13.2 Å². The lowest BCUT2D eigenvalue weighted by molar-refractivity contribution is -0.136. The Balaban J connectivity index is 1.93. The summed E-state index contributed by atoms with van der Waals surface area (Å²) in [5.74, 6) is 0. The Hall–Kier alpha value is -3.97. The van der Waals surface area contributed by atoms with Gasteiger partial charge in [0.05, 0.1) is 21.7 Å². The summed E-state index contributed by atoms with van der Waals surface area (Å²) in [6.45, 7) is 0. The van der Waals surface area contributed by atoms with Crippen LogP contribution in [0, 0.1) is 0 Å². The molecular weight excluding hydrogens is 483 g/mol. The number of para-hydroxylation sites is 1. The predicted molar refractivity (Wildman–Crippen MR) is 136 cm³/mol. The molecule has 1 heterocycles. The normalized spacial score (nSPS) is 12.1. The van der Waals surface area contributed by atoms with Gasteiger partial charge in [-0.15, -0.1) is 0 Å². The van der Waals surface area contributed by atoms with E-state index in [0.29, 0.717) is 27.6 Å². The minimum atomic E-state index is -4.62. The molecule has 0 radical (unpaired) electrons. The predicted octanol–water partition coefficient (Wildman–Crippen LogP) is 7.66. The number of aromatic nitrogens is 1. The molecule has 5 aromatic rings. The van der Waals surface area contributed by atoms with Crippen molar-refractivity contribution in [2.24, 2.45) is 0 Å². The molecule has 4 aromatic carbocycles. The number of sulfone groups is 1. The first-order chi connectivity index (χ1) is 17.1. The molecule has 0 saturated carbocycles. The first-order valence-electron chi connectivity index (χ1n) is 11.1. The number of benzene rings is 4. The first kappa shape index (κ1) is 23.8. The van der Waals surface area contributed by atoms with E-state index >= 15 is 0 Å². The molecule has 0 unspecified atom stereocenters. The SMILES string of the molecule is CS(=O)(=O)c1c(-c2ccccc2)cccc1-c1nc2c(C(F)(F)F)cccc2cc1-c1ccccc1. The van der Waals surface area contributed by atoms with Crippen molar-refractivity contribution in [1.82, 2.24) is 4.98 Å². The number of alkyl halides is 3. The van der Waals surface area contributed by atoms with Gasteiger partial charge in [-0.3, -0.25) is 0 Å². The summed E-state index contributed by atoms with van der Waals surface area (Å²) < 4.78 is 68.0. The molecule has 5 rings (SSSR count). The van der Waals surface area contributed by atoms with E-state index in [4.69, 9.17) is 0 Å². The lowest BCUT2D eigenvalue weighted by Gasteiger charge is -2.18. The molecule has 0 spiro atoms. The van der Waals surface area contributed by atoms with Crippen LogP contribution in [-0.4, -0.2) is 19.7 Å². The zero-order chi connectivity index (χ0) is 25.5. The molecule has 36 heavy (non-hydrogen) atoms. The smallest absolute Gasteiger partial charge is 0.246 e. The number of rotatable bonds is 4. The van der Waals surface area contributed by atoms with Gasteiger partial charge in [0.25, 0.3) is 0 Å². The standard InChI is InChI=1S/C29H20F3NO2S/c1-36(34,35)28-22(19-10-4-2-5-11-19)15-9-16-23(28)27-24(20-12-6-3-7-13-20)18-21-14-8-17-25(26(21)33-27)29(30,31)32/h2-18H,1H3. The summed E-state index contributed by atoms with van der Waals surface area (Å²) in [5, 5.41) is 0.313. The fourth-order valence-corrected chi connectivity index (χ4v) is 5.59. The number of pyridine rings is 1. The van der Waals surface area contributed by atoms with Gasteiger partial charge in [-0.25, -0.2) is 13.4 Å². The highest BCUT2D eigenvalue weighted by atomic mass is 32.2. The number of hydrogen-bond donors (Lipinski definition) is 0. The van der Waals surface area contributed by atoms with Crippen LogP contribution in [0.3, 0.4) is 0 Å². The Bertz CT molecular complexity index is 1680. The average molecular weight is 504 g/mol. The third-order valence-corrected chi connectivity index (χ3v) is 7.14. The largest absolute Gasteiger partial charge is 0.418 e. The maximum atomic E-state index is 13.9. The van der Waals surface area contributed by atoms with Crippen LogP contribution >= 0.6 is 0 Å². The van der Waals surface area contributed by atoms with E-state index in [1.807, 2.05) is 36.4 Å². The molecule has 1 aromatic heterocycles. The minimum absolute atomic E-state index is 0.0183. The number of hydrogen-bond acceptors (Lipinski definition) is 3. The zero-order valence-electron chi connectivity index (χ0n) is 19.1. The number of fused-ring (bicyclic) bond motifs is 1. The lowest BCUT2D eigenvalue weighted by Crippen LogP contribution is -2.08. The fourth-order valence-electron chi connectivity index (χ4n) is 4.44. The van der Waals surface area contributed by atoms with Crippen molar-refractivity contribution in [1.29, 1.82) is 0 Å². The Morgan fingerprint density at radius 3 is 1.81 bits per heavy atom. The van der Waals surface area contributed by atoms with Crippen molar-refractivity contribution in [2.75, 3.05) is 6.26 Å². The van der Waals surface area contributed by atoms with E-state index in [1.165, 1.54) is 6.07 Å². The molecule has 180 valence electrons. The van der Waals surface area contributed by atoms with Crippen molar-refractivity contribution in [2.45, 2.75) is 11.1 Å². The summed E-state index contributed by atoms with van der Waals surface area (Å²) in [5.41, 5.74) is 1.70. The Labute approximate surface area is 206 Å². The molecule has 0 aliphatic carbocycles. The van der Waals surface area contributed by atoms with Crippen molar-refractivity contribution >= 4 is 20.7 Å². The molecule has 0 saturated heterocycles. The first-order valence-corrected chi connectivity index (χ1v) is 13.0. The van der Waals surface area contributed by atoms with Gasteiger partial charge >= 0.3 is 6.18 Å². The van der Waals surface area contributed by atoms with E-state index in [1.54, 1.807) is 54.6 Å². The molecule has 0 aliphatic heterocycles. The highest BCUT2D eigenvalue weighted by Crippen LogP contribution is 2.42. The van der Waals surface area contributed by atoms with E-state index in [2.05, 4.69) is 4.98 Å². The molecule has 0 N–H and O–H groups in total. The Morgan fingerprint density at radius 1 is 0.667 bits per heavy atom. The third-order valence-electron chi connectivity index (χ3n) is 5.96. The van der Waals surface area contributed by atoms with Crippen molar-refractivity contribution in [3.8, 4) is 33.5 Å². The van der Waals surface area contributed by atoms with E-state index in [9.17, 15) is 21.6 Å². The summed E-state index contributed by atoms with van der Waals surface area (Å²) in [6.07, 6.45) is -3.52. The van der Waals surface area contributed by atoms with Crippen LogP contribution < -0.4 is 0 Å². The highest BCUT2D eigenvalue weighted by Gasteiger charge is 2.34. The van der Waals surface area contributed by atoms with Crippen molar-refractivity contribution < 1.29 is 21.6 Å². The quantitative estimate of drug-likeness (QED) is 0.253. The average Bonchev–Trinajstić information content (AvgIpc) is 2.87. The number of halogens is 3. The number of nitrogens with zero attached hydrogens (tertiary/aromatic N) is 1. The van der Waals surface area contributed by atoms with Crippen LogP contribution in [0.15, 0.2) is 108 Å².